The molecule has 2 aromatic rings. The van der Waals surface area contributed by atoms with Crippen molar-refractivity contribution in [2.45, 2.75) is 10.7 Å². The van der Waals surface area contributed by atoms with E-state index in [9.17, 15) is 13.6 Å². The third kappa shape index (κ3) is 3.07. The zero-order valence-electron chi connectivity index (χ0n) is 9.06. The number of halogens is 2. The Hall–Kier alpha value is -1.89. The van der Waals surface area contributed by atoms with Crippen LogP contribution in [0.2, 0.25) is 0 Å². The number of rotatable bonds is 4. The van der Waals surface area contributed by atoms with Crippen molar-refractivity contribution >= 4 is 23.6 Å². The summed E-state index contributed by atoms with van der Waals surface area (Å²) in [6, 6.07) is 6.19. The average molecular weight is 269 g/mol. The van der Waals surface area contributed by atoms with E-state index in [-0.39, 0.29) is 16.4 Å². The number of carbonyl (C=O) groups is 1. The van der Waals surface area contributed by atoms with E-state index in [0.717, 1.165) is 0 Å². The standard InChI is InChI=1S/C11H9F2N3OS/c12-10(13)18-8-4-2-1-3-7(8)9(17)16-11-14-5-6-15-11/h1-6,10H,(H2,14,15,16,17). The number of carbonyl (C=O) groups excluding carboxylic acids is 1. The lowest BCUT2D eigenvalue weighted by atomic mass is 10.2. The molecule has 0 aliphatic rings. The molecule has 0 saturated heterocycles. The lowest BCUT2D eigenvalue weighted by molar-refractivity contribution is 0.102. The number of amides is 1. The van der Waals surface area contributed by atoms with Crippen LogP contribution in [-0.2, 0) is 0 Å². The summed E-state index contributed by atoms with van der Waals surface area (Å²) in [6.07, 6.45) is 3.03. The zero-order valence-corrected chi connectivity index (χ0v) is 9.88. The van der Waals surface area contributed by atoms with Crippen LogP contribution < -0.4 is 5.32 Å². The van der Waals surface area contributed by atoms with Gasteiger partial charge in [-0.25, -0.2) is 4.98 Å². The Balaban J connectivity index is 2.19. The summed E-state index contributed by atoms with van der Waals surface area (Å²) in [5.74, 6) is -2.77. The molecule has 1 heterocycles. The van der Waals surface area contributed by atoms with Crippen LogP contribution in [0.15, 0.2) is 41.6 Å². The Morgan fingerprint density at radius 2 is 2.17 bits per heavy atom. The highest BCUT2D eigenvalue weighted by Crippen LogP contribution is 2.28. The van der Waals surface area contributed by atoms with Crippen molar-refractivity contribution in [2.75, 3.05) is 5.32 Å². The van der Waals surface area contributed by atoms with E-state index < -0.39 is 11.7 Å². The van der Waals surface area contributed by atoms with Gasteiger partial charge in [0.15, 0.2) is 0 Å². The van der Waals surface area contributed by atoms with E-state index in [4.69, 9.17) is 0 Å². The Labute approximate surface area is 106 Å². The van der Waals surface area contributed by atoms with Gasteiger partial charge >= 0.3 is 0 Å². The van der Waals surface area contributed by atoms with Gasteiger partial charge in [0.05, 0.1) is 5.56 Å². The van der Waals surface area contributed by atoms with Crippen molar-refractivity contribution < 1.29 is 13.6 Å². The molecule has 94 valence electrons. The lowest BCUT2D eigenvalue weighted by Crippen LogP contribution is -2.14. The molecule has 0 aliphatic heterocycles. The molecule has 0 unspecified atom stereocenters. The van der Waals surface area contributed by atoms with Crippen molar-refractivity contribution in [3.05, 3.63) is 42.2 Å². The number of aromatic nitrogens is 2. The molecule has 0 bridgehead atoms. The second-order valence-corrected chi connectivity index (χ2v) is 4.30. The summed E-state index contributed by atoms with van der Waals surface area (Å²) < 4.78 is 24.7. The van der Waals surface area contributed by atoms with Gasteiger partial charge in [0, 0.05) is 17.3 Å². The number of alkyl halides is 2. The summed E-state index contributed by atoms with van der Waals surface area (Å²) >= 11 is 0.341. The fourth-order valence-electron chi connectivity index (χ4n) is 1.36. The topological polar surface area (TPSA) is 57.8 Å². The highest BCUT2D eigenvalue weighted by atomic mass is 32.2. The van der Waals surface area contributed by atoms with Crippen molar-refractivity contribution in [3.63, 3.8) is 0 Å². The van der Waals surface area contributed by atoms with Crippen LogP contribution >= 0.6 is 11.8 Å². The Bertz CT molecular complexity index is 531. The maximum Gasteiger partial charge on any atom is 0.288 e. The predicted octanol–water partition coefficient (Wildman–Crippen LogP) is 2.98. The van der Waals surface area contributed by atoms with Gasteiger partial charge in [0.1, 0.15) is 0 Å². The number of hydrogen-bond donors (Lipinski definition) is 2. The van der Waals surface area contributed by atoms with Gasteiger partial charge in [-0.3, -0.25) is 10.1 Å². The van der Waals surface area contributed by atoms with Crippen LogP contribution in [0.4, 0.5) is 14.7 Å². The summed E-state index contributed by atoms with van der Waals surface area (Å²) in [6.45, 7) is 0. The number of nitrogens with zero attached hydrogens (tertiary/aromatic N) is 1. The average Bonchev–Trinajstić information content (AvgIpc) is 2.81. The van der Waals surface area contributed by atoms with E-state index in [1.807, 2.05) is 0 Å². The van der Waals surface area contributed by atoms with Crippen LogP contribution in [0.1, 0.15) is 10.4 Å². The molecule has 0 fully saturated rings. The van der Waals surface area contributed by atoms with E-state index in [2.05, 4.69) is 15.3 Å². The molecule has 0 atom stereocenters. The first kappa shape index (κ1) is 12.6. The Kier molecular flexibility index (Phi) is 3.93. The first-order valence-electron chi connectivity index (χ1n) is 5.01. The van der Waals surface area contributed by atoms with E-state index in [1.54, 1.807) is 18.3 Å². The van der Waals surface area contributed by atoms with Crippen LogP contribution in [0.3, 0.4) is 0 Å². The van der Waals surface area contributed by atoms with Gasteiger partial charge in [0.25, 0.3) is 11.7 Å². The van der Waals surface area contributed by atoms with Crippen LogP contribution in [-0.4, -0.2) is 21.6 Å². The minimum absolute atomic E-state index is 0.194. The van der Waals surface area contributed by atoms with Crippen molar-refractivity contribution in [2.24, 2.45) is 0 Å². The summed E-state index contributed by atoms with van der Waals surface area (Å²) in [5, 5.41) is 2.49. The molecular weight excluding hydrogens is 260 g/mol. The minimum Gasteiger partial charge on any atom is -0.331 e. The third-order valence-corrected chi connectivity index (χ3v) is 2.87. The highest BCUT2D eigenvalue weighted by Gasteiger charge is 2.15. The van der Waals surface area contributed by atoms with Gasteiger partial charge < -0.3 is 4.98 Å². The minimum atomic E-state index is -2.57. The molecule has 0 spiro atoms. The number of benzene rings is 1. The smallest absolute Gasteiger partial charge is 0.288 e. The Morgan fingerprint density at radius 3 is 2.83 bits per heavy atom. The molecule has 0 aliphatic carbocycles. The molecule has 0 radical (unpaired) electrons. The zero-order chi connectivity index (χ0) is 13.0. The molecule has 4 nitrogen and oxygen atoms in total. The monoisotopic (exact) mass is 269 g/mol. The van der Waals surface area contributed by atoms with Gasteiger partial charge in [0.2, 0.25) is 5.95 Å². The van der Waals surface area contributed by atoms with Crippen molar-refractivity contribution in [3.8, 4) is 0 Å². The van der Waals surface area contributed by atoms with Crippen molar-refractivity contribution in [1.29, 1.82) is 0 Å². The fraction of sp³-hybridized carbons (Fsp3) is 0.0909. The molecule has 2 N–H and O–H groups in total. The molecule has 1 amide bonds. The number of H-pyrrole nitrogens is 1. The normalized spacial score (nSPS) is 10.6. The molecule has 2 rings (SSSR count). The number of thioether (sulfide) groups is 1. The van der Waals surface area contributed by atoms with Crippen molar-refractivity contribution in [1.82, 2.24) is 9.97 Å². The molecule has 1 aromatic heterocycles. The predicted molar refractivity (Wildman–Crippen MR) is 64.8 cm³/mol. The van der Waals surface area contributed by atoms with E-state index in [1.165, 1.54) is 18.3 Å². The maximum atomic E-state index is 12.4. The summed E-state index contributed by atoms with van der Waals surface area (Å²) in [7, 11) is 0. The fourth-order valence-corrected chi connectivity index (χ4v) is 2.00. The highest BCUT2D eigenvalue weighted by molar-refractivity contribution is 7.99. The van der Waals surface area contributed by atoms with Crippen LogP contribution in [0.25, 0.3) is 0 Å². The van der Waals surface area contributed by atoms with Gasteiger partial charge in [-0.1, -0.05) is 23.9 Å². The van der Waals surface area contributed by atoms with Crippen LogP contribution in [0, 0.1) is 0 Å². The summed E-state index contributed by atoms with van der Waals surface area (Å²) in [4.78, 5) is 18.6. The maximum absolute atomic E-state index is 12.4. The number of anilines is 1. The molecule has 1 aromatic carbocycles. The van der Waals surface area contributed by atoms with E-state index in [0.29, 0.717) is 11.8 Å². The number of imidazole rings is 1. The SMILES string of the molecule is O=C(Nc1ncc[nH]1)c1ccccc1SC(F)F. The van der Waals surface area contributed by atoms with Gasteiger partial charge in [-0.15, -0.1) is 0 Å². The van der Waals surface area contributed by atoms with Gasteiger partial charge in [-0.2, -0.15) is 8.78 Å². The largest absolute Gasteiger partial charge is 0.331 e. The second kappa shape index (κ2) is 5.63. The number of aromatic amines is 1. The first-order chi connectivity index (χ1) is 8.66. The molecule has 7 heteroatoms. The first-order valence-corrected chi connectivity index (χ1v) is 5.89. The molecular formula is C11H9F2N3OS. The quantitative estimate of drug-likeness (QED) is 0.839. The molecule has 0 saturated carbocycles. The van der Waals surface area contributed by atoms with Crippen LogP contribution in [0.5, 0.6) is 0 Å². The number of hydrogen-bond acceptors (Lipinski definition) is 3. The lowest BCUT2D eigenvalue weighted by Gasteiger charge is -2.07. The summed E-state index contributed by atoms with van der Waals surface area (Å²) in [5.41, 5.74) is 0.194. The Morgan fingerprint density at radius 1 is 1.39 bits per heavy atom. The van der Waals surface area contributed by atoms with E-state index >= 15 is 0 Å². The third-order valence-electron chi connectivity index (χ3n) is 2.08. The van der Waals surface area contributed by atoms with Gasteiger partial charge in [-0.05, 0) is 12.1 Å². The molecule has 18 heavy (non-hydrogen) atoms. The number of nitrogens with one attached hydrogen (secondary N) is 2. The second-order valence-electron chi connectivity index (χ2n) is 3.27.